The third-order valence-electron chi connectivity index (χ3n) is 2.31. The summed E-state index contributed by atoms with van der Waals surface area (Å²) >= 11 is 0. The van der Waals surface area contributed by atoms with Gasteiger partial charge in [0.15, 0.2) is 0 Å². The van der Waals surface area contributed by atoms with Crippen LogP contribution in [-0.4, -0.2) is 52.0 Å². The summed E-state index contributed by atoms with van der Waals surface area (Å²) in [6.07, 6.45) is 1.62. The average molecular weight is 216 g/mol. The van der Waals surface area contributed by atoms with E-state index < -0.39 is 0 Å². The zero-order valence-electron chi connectivity index (χ0n) is 9.25. The van der Waals surface area contributed by atoms with Crippen molar-refractivity contribution in [2.75, 3.05) is 40.0 Å². The lowest BCUT2D eigenvalue weighted by Gasteiger charge is -2.10. The molecule has 0 radical (unpaired) electrons. The van der Waals surface area contributed by atoms with E-state index in [-0.39, 0.29) is 12.0 Å². The van der Waals surface area contributed by atoms with Gasteiger partial charge in [0.05, 0.1) is 6.61 Å². The summed E-state index contributed by atoms with van der Waals surface area (Å²) in [5, 5.41) is 5.99. The third kappa shape index (κ3) is 5.11. The molecule has 2 N–H and O–H groups in total. The van der Waals surface area contributed by atoms with Gasteiger partial charge in [-0.3, -0.25) is 4.79 Å². The Morgan fingerprint density at radius 3 is 3.00 bits per heavy atom. The standard InChI is InChI=1S/C10H20N2O3/c1-14-8-6-11-4-5-12-10(13)9-3-2-7-15-9/h9,11H,2-8H2,1H3,(H,12,13). The quantitative estimate of drug-likeness (QED) is 0.564. The number of carbonyl (C=O) groups excluding carboxylic acids is 1. The molecule has 0 bridgehead atoms. The van der Waals surface area contributed by atoms with Crippen LogP contribution >= 0.6 is 0 Å². The van der Waals surface area contributed by atoms with Gasteiger partial charge in [0.1, 0.15) is 6.10 Å². The normalized spacial score (nSPS) is 20.5. The molecule has 1 saturated heterocycles. The van der Waals surface area contributed by atoms with Gasteiger partial charge in [-0.25, -0.2) is 0 Å². The molecular formula is C10H20N2O3. The Labute approximate surface area is 90.5 Å². The molecule has 1 rings (SSSR count). The minimum absolute atomic E-state index is 0.0149. The summed E-state index contributed by atoms with van der Waals surface area (Å²) < 4.78 is 10.1. The lowest BCUT2D eigenvalue weighted by atomic mass is 10.2. The number of hydrogen-bond acceptors (Lipinski definition) is 4. The molecule has 1 aliphatic heterocycles. The molecule has 5 nitrogen and oxygen atoms in total. The maximum atomic E-state index is 11.4. The van der Waals surface area contributed by atoms with Crippen molar-refractivity contribution >= 4 is 5.91 Å². The van der Waals surface area contributed by atoms with Crippen LogP contribution in [0.25, 0.3) is 0 Å². The van der Waals surface area contributed by atoms with Crippen molar-refractivity contribution < 1.29 is 14.3 Å². The zero-order chi connectivity index (χ0) is 10.9. The maximum Gasteiger partial charge on any atom is 0.249 e. The number of rotatable bonds is 7. The topological polar surface area (TPSA) is 59.6 Å². The molecule has 5 heteroatoms. The molecule has 1 amide bonds. The summed E-state index contributed by atoms with van der Waals surface area (Å²) in [4.78, 5) is 11.4. The Hall–Kier alpha value is -0.650. The first-order valence-electron chi connectivity index (χ1n) is 5.43. The zero-order valence-corrected chi connectivity index (χ0v) is 9.25. The van der Waals surface area contributed by atoms with Gasteiger partial charge in [0, 0.05) is 33.4 Å². The fourth-order valence-electron chi connectivity index (χ4n) is 1.47. The highest BCUT2D eigenvalue weighted by Gasteiger charge is 2.22. The van der Waals surface area contributed by atoms with Crippen LogP contribution in [0.15, 0.2) is 0 Å². The number of hydrogen-bond donors (Lipinski definition) is 2. The van der Waals surface area contributed by atoms with Crippen LogP contribution in [0.4, 0.5) is 0 Å². The molecule has 0 aromatic heterocycles. The molecule has 0 aromatic carbocycles. The summed E-state index contributed by atoms with van der Waals surface area (Å²) in [5.74, 6) is 0.0149. The van der Waals surface area contributed by atoms with E-state index in [0.29, 0.717) is 19.8 Å². The second-order valence-electron chi connectivity index (χ2n) is 3.54. The van der Waals surface area contributed by atoms with Crippen LogP contribution in [-0.2, 0) is 14.3 Å². The Kier molecular flexibility index (Phi) is 6.31. The van der Waals surface area contributed by atoms with Crippen LogP contribution < -0.4 is 10.6 Å². The predicted octanol–water partition coefficient (Wildman–Crippen LogP) is -0.482. The molecule has 1 atom stereocenters. The van der Waals surface area contributed by atoms with Gasteiger partial charge < -0.3 is 20.1 Å². The monoisotopic (exact) mass is 216 g/mol. The predicted molar refractivity (Wildman–Crippen MR) is 56.7 cm³/mol. The Morgan fingerprint density at radius 1 is 1.47 bits per heavy atom. The van der Waals surface area contributed by atoms with Crippen molar-refractivity contribution in [3.8, 4) is 0 Å². The second kappa shape index (κ2) is 7.62. The second-order valence-corrected chi connectivity index (χ2v) is 3.54. The van der Waals surface area contributed by atoms with Gasteiger partial charge in [-0.1, -0.05) is 0 Å². The maximum absolute atomic E-state index is 11.4. The summed E-state index contributed by atoms with van der Waals surface area (Å²) in [6, 6.07) is 0. The van der Waals surface area contributed by atoms with Gasteiger partial charge in [-0.2, -0.15) is 0 Å². The molecule has 1 fully saturated rings. The lowest BCUT2D eigenvalue weighted by Crippen LogP contribution is -2.38. The lowest BCUT2D eigenvalue weighted by molar-refractivity contribution is -0.129. The van der Waals surface area contributed by atoms with E-state index in [4.69, 9.17) is 9.47 Å². The van der Waals surface area contributed by atoms with E-state index in [2.05, 4.69) is 10.6 Å². The highest BCUT2D eigenvalue weighted by atomic mass is 16.5. The van der Waals surface area contributed by atoms with Crippen molar-refractivity contribution in [2.45, 2.75) is 18.9 Å². The van der Waals surface area contributed by atoms with Gasteiger partial charge in [0.2, 0.25) is 5.91 Å². The van der Waals surface area contributed by atoms with Crippen molar-refractivity contribution in [3.63, 3.8) is 0 Å². The van der Waals surface area contributed by atoms with E-state index in [0.717, 1.165) is 25.9 Å². The first-order valence-corrected chi connectivity index (χ1v) is 5.43. The number of ether oxygens (including phenoxy) is 2. The molecule has 0 aromatic rings. The van der Waals surface area contributed by atoms with E-state index in [9.17, 15) is 4.79 Å². The Bertz CT molecular complexity index is 182. The summed E-state index contributed by atoms with van der Waals surface area (Å²) in [7, 11) is 1.67. The Morgan fingerprint density at radius 2 is 2.33 bits per heavy atom. The van der Waals surface area contributed by atoms with Crippen LogP contribution in [0.5, 0.6) is 0 Å². The molecule has 0 spiro atoms. The van der Waals surface area contributed by atoms with E-state index >= 15 is 0 Å². The molecule has 0 saturated carbocycles. The minimum atomic E-state index is -0.219. The van der Waals surface area contributed by atoms with Crippen LogP contribution in [0.1, 0.15) is 12.8 Å². The smallest absolute Gasteiger partial charge is 0.249 e. The van der Waals surface area contributed by atoms with Gasteiger partial charge in [-0.15, -0.1) is 0 Å². The van der Waals surface area contributed by atoms with Gasteiger partial charge >= 0.3 is 0 Å². The molecule has 1 aliphatic rings. The first-order chi connectivity index (χ1) is 7.34. The number of methoxy groups -OCH3 is 1. The van der Waals surface area contributed by atoms with Crippen LogP contribution in [0, 0.1) is 0 Å². The summed E-state index contributed by atoms with van der Waals surface area (Å²) in [6.45, 7) is 3.63. The van der Waals surface area contributed by atoms with Crippen LogP contribution in [0.2, 0.25) is 0 Å². The molecule has 15 heavy (non-hydrogen) atoms. The van der Waals surface area contributed by atoms with Crippen molar-refractivity contribution in [3.05, 3.63) is 0 Å². The fourth-order valence-corrected chi connectivity index (χ4v) is 1.47. The van der Waals surface area contributed by atoms with Crippen molar-refractivity contribution in [1.29, 1.82) is 0 Å². The SMILES string of the molecule is COCCNCCNC(=O)C1CCCO1. The number of carbonyl (C=O) groups is 1. The average Bonchev–Trinajstić information content (AvgIpc) is 2.76. The highest BCUT2D eigenvalue weighted by molar-refractivity contribution is 5.80. The van der Waals surface area contributed by atoms with Crippen molar-refractivity contribution in [2.24, 2.45) is 0 Å². The number of nitrogens with one attached hydrogen (secondary N) is 2. The molecule has 88 valence electrons. The molecule has 0 aliphatic carbocycles. The van der Waals surface area contributed by atoms with E-state index in [1.165, 1.54) is 0 Å². The fraction of sp³-hybridized carbons (Fsp3) is 0.900. The molecular weight excluding hydrogens is 196 g/mol. The number of amides is 1. The van der Waals surface area contributed by atoms with E-state index in [1.54, 1.807) is 7.11 Å². The van der Waals surface area contributed by atoms with Gasteiger partial charge in [0.25, 0.3) is 0 Å². The third-order valence-corrected chi connectivity index (χ3v) is 2.31. The largest absolute Gasteiger partial charge is 0.383 e. The highest BCUT2D eigenvalue weighted by Crippen LogP contribution is 2.11. The van der Waals surface area contributed by atoms with Crippen molar-refractivity contribution in [1.82, 2.24) is 10.6 Å². The van der Waals surface area contributed by atoms with Gasteiger partial charge in [-0.05, 0) is 12.8 Å². The molecule has 1 heterocycles. The minimum Gasteiger partial charge on any atom is -0.383 e. The summed E-state index contributed by atoms with van der Waals surface area (Å²) in [5.41, 5.74) is 0. The van der Waals surface area contributed by atoms with Crippen LogP contribution in [0.3, 0.4) is 0 Å². The first kappa shape index (κ1) is 12.4. The Balaban J connectivity index is 1.92. The molecule has 1 unspecified atom stereocenters. The van der Waals surface area contributed by atoms with E-state index in [1.807, 2.05) is 0 Å².